The molecule has 21 heavy (non-hydrogen) atoms. The van der Waals surface area contributed by atoms with Gasteiger partial charge in [0.15, 0.2) is 0 Å². The molecule has 1 aromatic carbocycles. The Morgan fingerprint density at radius 1 is 1.52 bits per heavy atom. The summed E-state index contributed by atoms with van der Waals surface area (Å²) in [6.07, 6.45) is 3.44. The van der Waals surface area contributed by atoms with Crippen molar-refractivity contribution in [2.75, 3.05) is 26.8 Å². The monoisotopic (exact) mass is 354 g/mol. The van der Waals surface area contributed by atoms with Gasteiger partial charge in [-0.3, -0.25) is 4.90 Å². The molecule has 3 unspecified atom stereocenters. The van der Waals surface area contributed by atoms with Gasteiger partial charge in [-0.25, -0.2) is 0 Å². The second-order valence-electron chi connectivity index (χ2n) is 5.99. The van der Waals surface area contributed by atoms with E-state index in [1.54, 1.807) is 7.11 Å². The molecule has 0 radical (unpaired) electrons. The van der Waals surface area contributed by atoms with Gasteiger partial charge < -0.3 is 15.2 Å². The Morgan fingerprint density at radius 3 is 3.19 bits per heavy atom. The number of methoxy groups -OCH3 is 1. The molecule has 3 atom stereocenters. The molecule has 0 amide bonds. The van der Waals surface area contributed by atoms with Crippen molar-refractivity contribution < 1.29 is 9.47 Å². The standard InChI is InChI=1S/C16H23BrN2O2/c1-20-15-5-4-12(17)7-11(15)8-14(18)16-9-19-6-2-3-13(19)10-21-16/h4-5,7,13-14,16H,2-3,6,8-10,18H2,1H3. The van der Waals surface area contributed by atoms with Crippen molar-refractivity contribution in [1.82, 2.24) is 4.90 Å². The molecule has 2 N–H and O–H groups in total. The van der Waals surface area contributed by atoms with Crippen LogP contribution in [-0.4, -0.2) is 49.9 Å². The largest absolute Gasteiger partial charge is 0.496 e. The third-order valence-electron chi connectivity index (χ3n) is 4.59. The van der Waals surface area contributed by atoms with Crippen LogP contribution < -0.4 is 10.5 Å². The highest BCUT2D eigenvalue weighted by atomic mass is 79.9. The first kappa shape index (κ1) is 15.3. The third-order valence-corrected chi connectivity index (χ3v) is 5.09. The van der Waals surface area contributed by atoms with E-state index in [0.717, 1.165) is 35.4 Å². The van der Waals surface area contributed by atoms with Crippen LogP contribution in [0.3, 0.4) is 0 Å². The number of benzene rings is 1. The fraction of sp³-hybridized carbons (Fsp3) is 0.625. The first-order valence-electron chi connectivity index (χ1n) is 7.61. The maximum Gasteiger partial charge on any atom is 0.122 e. The molecule has 0 aromatic heterocycles. The lowest BCUT2D eigenvalue weighted by molar-refractivity contribution is -0.0589. The average molecular weight is 355 g/mol. The summed E-state index contributed by atoms with van der Waals surface area (Å²) >= 11 is 3.51. The molecule has 116 valence electrons. The van der Waals surface area contributed by atoms with E-state index in [1.807, 2.05) is 12.1 Å². The molecule has 2 heterocycles. The molecule has 4 nitrogen and oxygen atoms in total. The zero-order valence-electron chi connectivity index (χ0n) is 12.4. The van der Waals surface area contributed by atoms with Crippen LogP contribution in [0.5, 0.6) is 5.75 Å². The summed E-state index contributed by atoms with van der Waals surface area (Å²) in [6.45, 7) is 2.98. The van der Waals surface area contributed by atoms with Crippen LogP contribution in [0.1, 0.15) is 18.4 Å². The molecule has 1 aromatic rings. The highest BCUT2D eigenvalue weighted by molar-refractivity contribution is 9.10. The van der Waals surface area contributed by atoms with E-state index in [9.17, 15) is 0 Å². The number of hydrogen-bond donors (Lipinski definition) is 1. The number of morpholine rings is 1. The number of rotatable bonds is 4. The summed E-state index contributed by atoms with van der Waals surface area (Å²) in [6, 6.07) is 6.66. The second-order valence-corrected chi connectivity index (χ2v) is 6.90. The van der Waals surface area contributed by atoms with Gasteiger partial charge in [0.05, 0.1) is 19.8 Å². The normalized spacial score (nSPS) is 27.4. The quantitative estimate of drug-likeness (QED) is 0.900. The van der Waals surface area contributed by atoms with Crippen LogP contribution in [0.15, 0.2) is 22.7 Å². The van der Waals surface area contributed by atoms with E-state index in [1.165, 1.54) is 19.4 Å². The molecule has 3 rings (SSSR count). The highest BCUT2D eigenvalue weighted by Gasteiger charge is 2.34. The molecule has 0 aliphatic carbocycles. The number of nitrogens with two attached hydrogens (primary N) is 1. The van der Waals surface area contributed by atoms with Gasteiger partial charge in [0.1, 0.15) is 5.75 Å². The van der Waals surface area contributed by atoms with E-state index < -0.39 is 0 Å². The van der Waals surface area contributed by atoms with Gasteiger partial charge in [0.2, 0.25) is 0 Å². The SMILES string of the molecule is COc1ccc(Br)cc1CC(N)C1CN2CCCC2CO1. The van der Waals surface area contributed by atoms with Crippen LogP contribution in [0, 0.1) is 0 Å². The zero-order valence-corrected chi connectivity index (χ0v) is 14.0. The fourth-order valence-electron chi connectivity index (χ4n) is 3.39. The molecule has 5 heteroatoms. The second kappa shape index (κ2) is 6.65. The molecule has 2 aliphatic heterocycles. The van der Waals surface area contributed by atoms with Crippen molar-refractivity contribution in [2.45, 2.75) is 37.5 Å². The topological polar surface area (TPSA) is 47.7 Å². The molecular formula is C16H23BrN2O2. The van der Waals surface area contributed by atoms with Gasteiger partial charge in [0.25, 0.3) is 0 Å². The van der Waals surface area contributed by atoms with Crippen LogP contribution in [0.2, 0.25) is 0 Å². The van der Waals surface area contributed by atoms with E-state index in [0.29, 0.717) is 6.04 Å². The molecule has 2 aliphatic rings. The molecule has 0 bridgehead atoms. The lowest BCUT2D eigenvalue weighted by Crippen LogP contribution is -2.53. The molecule has 0 saturated carbocycles. The number of halogens is 1. The predicted molar refractivity (Wildman–Crippen MR) is 86.7 cm³/mol. The molecule has 2 fully saturated rings. The lowest BCUT2D eigenvalue weighted by Gasteiger charge is -2.37. The highest BCUT2D eigenvalue weighted by Crippen LogP contribution is 2.27. The van der Waals surface area contributed by atoms with Crippen LogP contribution in [-0.2, 0) is 11.2 Å². The van der Waals surface area contributed by atoms with Crippen LogP contribution in [0.25, 0.3) is 0 Å². The Bertz CT molecular complexity index is 497. The van der Waals surface area contributed by atoms with Crippen LogP contribution in [0.4, 0.5) is 0 Å². The van der Waals surface area contributed by atoms with Gasteiger partial charge in [-0.05, 0) is 49.6 Å². The van der Waals surface area contributed by atoms with Crippen molar-refractivity contribution in [3.05, 3.63) is 28.2 Å². The van der Waals surface area contributed by atoms with Crippen molar-refractivity contribution in [2.24, 2.45) is 5.73 Å². The van der Waals surface area contributed by atoms with Crippen molar-refractivity contribution in [3.63, 3.8) is 0 Å². The lowest BCUT2D eigenvalue weighted by atomic mass is 9.99. The van der Waals surface area contributed by atoms with Crippen molar-refractivity contribution in [3.8, 4) is 5.75 Å². The van der Waals surface area contributed by atoms with E-state index in [2.05, 4.69) is 26.9 Å². The minimum atomic E-state index is -0.00486. The number of ether oxygens (including phenoxy) is 2. The summed E-state index contributed by atoms with van der Waals surface area (Å²) in [5.74, 6) is 0.892. The Kier molecular flexibility index (Phi) is 4.84. The van der Waals surface area contributed by atoms with Crippen molar-refractivity contribution in [1.29, 1.82) is 0 Å². The summed E-state index contributed by atoms with van der Waals surface area (Å²) < 4.78 is 12.5. The Labute approximate surface area is 134 Å². The minimum absolute atomic E-state index is 0.00486. The molecular weight excluding hydrogens is 332 g/mol. The first-order valence-corrected chi connectivity index (χ1v) is 8.40. The fourth-order valence-corrected chi connectivity index (χ4v) is 3.80. The van der Waals surface area contributed by atoms with E-state index in [-0.39, 0.29) is 12.1 Å². The van der Waals surface area contributed by atoms with Gasteiger partial charge in [0, 0.05) is 23.1 Å². The third kappa shape index (κ3) is 3.42. The van der Waals surface area contributed by atoms with Crippen molar-refractivity contribution >= 4 is 15.9 Å². The molecule has 2 saturated heterocycles. The van der Waals surface area contributed by atoms with Gasteiger partial charge in [-0.2, -0.15) is 0 Å². The summed E-state index contributed by atoms with van der Waals surface area (Å²) in [7, 11) is 1.70. The van der Waals surface area contributed by atoms with Gasteiger partial charge in [-0.1, -0.05) is 15.9 Å². The average Bonchev–Trinajstić information content (AvgIpc) is 2.94. The van der Waals surface area contributed by atoms with Gasteiger partial charge >= 0.3 is 0 Å². The van der Waals surface area contributed by atoms with Crippen LogP contribution >= 0.6 is 15.9 Å². The Balaban J connectivity index is 1.66. The number of nitrogens with zero attached hydrogens (tertiary/aromatic N) is 1. The maximum atomic E-state index is 6.41. The Hall–Kier alpha value is -0.620. The summed E-state index contributed by atoms with van der Waals surface area (Å²) in [5, 5.41) is 0. The summed E-state index contributed by atoms with van der Waals surface area (Å²) in [4.78, 5) is 2.53. The minimum Gasteiger partial charge on any atom is -0.496 e. The van der Waals surface area contributed by atoms with E-state index >= 15 is 0 Å². The van der Waals surface area contributed by atoms with Gasteiger partial charge in [-0.15, -0.1) is 0 Å². The summed E-state index contributed by atoms with van der Waals surface area (Å²) in [5.41, 5.74) is 7.55. The Morgan fingerprint density at radius 2 is 2.38 bits per heavy atom. The first-order chi connectivity index (χ1) is 10.2. The molecule has 0 spiro atoms. The number of hydrogen-bond acceptors (Lipinski definition) is 4. The maximum absolute atomic E-state index is 6.41. The van der Waals surface area contributed by atoms with E-state index in [4.69, 9.17) is 15.2 Å². The number of fused-ring (bicyclic) bond motifs is 1. The predicted octanol–water partition coefficient (Wildman–Crippen LogP) is 2.19. The smallest absolute Gasteiger partial charge is 0.122 e. The zero-order chi connectivity index (χ0) is 14.8.